The van der Waals surface area contributed by atoms with Crippen LogP contribution in [0.25, 0.3) is 11.6 Å². The van der Waals surface area contributed by atoms with E-state index in [9.17, 15) is 14.3 Å². The lowest BCUT2D eigenvalue weighted by Crippen LogP contribution is -2.00. The molecule has 0 saturated heterocycles. The topological polar surface area (TPSA) is 46.5 Å². The highest BCUT2D eigenvalue weighted by Gasteiger charge is 2.10. The van der Waals surface area contributed by atoms with Gasteiger partial charge in [0.25, 0.3) is 0 Å². The molecule has 0 heterocycles. The molecule has 0 saturated carbocycles. The summed E-state index contributed by atoms with van der Waals surface area (Å²) in [4.78, 5) is 11.6. The fourth-order valence-corrected chi connectivity index (χ4v) is 2.76. The van der Waals surface area contributed by atoms with E-state index in [1.165, 1.54) is 12.1 Å². The van der Waals surface area contributed by atoms with Gasteiger partial charge >= 0.3 is 5.97 Å². The van der Waals surface area contributed by atoms with Crippen molar-refractivity contribution in [3.05, 3.63) is 100 Å². The van der Waals surface area contributed by atoms with Gasteiger partial charge in [-0.25, -0.2) is 9.18 Å². The van der Waals surface area contributed by atoms with E-state index in [0.29, 0.717) is 27.5 Å². The molecule has 0 aromatic heterocycles. The van der Waals surface area contributed by atoms with Crippen LogP contribution < -0.4 is 4.74 Å². The first-order valence-corrected chi connectivity index (χ1v) is 8.58. The minimum Gasteiger partial charge on any atom is -0.489 e. The number of ether oxygens (including phenoxy) is 1. The van der Waals surface area contributed by atoms with Crippen LogP contribution in [0.1, 0.15) is 16.7 Å². The molecule has 0 radical (unpaired) electrons. The van der Waals surface area contributed by atoms with Gasteiger partial charge in [0.15, 0.2) is 0 Å². The summed E-state index contributed by atoms with van der Waals surface area (Å²) >= 11 is 5.98. The van der Waals surface area contributed by atoms with Crippen molar-refractivity contribution in [2.24, 2.45) is 0 Å². The number of halogens is 2. The van der Waals surface area contributed by atoms with Crippen molar-refractivity contribution in [2.45, 2.75) is 6.61 Å². The maximum absolute atomic E-state index is 13.8. The molecule has 1 N–H and O–H groups in total. The molecule has 0 fully saturated rings. The number of carbonyl (C=O) groups is 1. The lowest BCUT2D eigenvalue weighted by molar-refractivity contribution is -0.130. The Morgan fingerprint density at radius 3 is 2.33 bits per heavy atom. The van der Waals surface area contributed by atoms with Crippen molar-refractivity contribution in [1.82, 2.24) is 0 Å². The van der Waals surface area contributed by atoms with Crippen LogP contribution in [-0.4, -0.2) is 11.1 Å². The Hall–Kier alpha value is -3.11. The molecule has 0 bridgehead atoms. The van der Waals surface area contributed by atoms with Gasteiger partial charge in [0.2, 0.25) is 0 Å². The quantitative estimate of drug-likeness (QED) is 0.440. The zero-order chi connectivity index (χ0) is 19.2. The van der Waals surface area contributed by atoms with Gasteiger partial charge < -0.3 is 9.84 Å². The summed E-state index contributed by atoms with van der Waals surface area (Å²) in [5.74, 6) is -0.894. The van der Waals surface area contributed by atoms with E-state index in [1.807, 2.05) is 6.07 Å². The van der Waals surface area contributed by atoms with E-state index in [1.54, 1.807) is 60.7 Å². The lowest BCUT2D eigenvalue weighted by Gasteiger charge is -2.09. The van der Waals surface area contributed by atoms with Crippen LogP contribution in [0.5, 0.6) is 5.75 Å². The Morgan fingerprint density at radius 2 is 1.70 bits per heavy atom. The molecule has 136 valence electrons. The van der Waals surface area contributed by atoms with Gasteiger partial charge in [0.05, 0.1) is 10.6 Å². The van der Waals surface area contributed by atoms with Gasteiger partial charge in [-0.15, -0.1) is 0 Å². The monoisotopic (exact) mass is 382 g/mol. The molecule has 0 amide bonds. The van der Waals surface area contributed by atoms with Crippen molar-refractivity contribution in [3.63, 3.8) is 0 Å². The van der Waals surface area contributed by atoms with Crippen molar-refractivity contribution in [3.8, 4) is 5.75 Å². The summed E-state index contributed by atoms with van der Waals surface area (Å²) in [6.45, 7) is 0.00504. The first-order valence-electron chi connectivity index (χ1n) is 8.21. The van der Waals surface area contributed by atoms with Gasteiger partial charge in [-0.05, 0) is 41.5 Å². The standard InChI is InChI=1S/C22H16ClFO3/c23-20-7-4-8-21(24)19(20)14-27-17-11-9-15(10-12-17)13-18(22(25)26)16-5-2-1-3-6-16/h1-13H,14H2,(H,25,26)/b18-13-. The second-order valence-electron chi connectivity index (χ2n) is 5.79. The van der Waals surface area contributed by atoms with Gasteiger partial charge in [-0.2, -0.15) is 0 Å². The van der Waals surface area contributed by atoms with E-state index >= 15 is 0 Å². The zero-order valence-corrected chi connectivity index (χ0v) is 15.0. The van der Waals surface area contributed by atoms with E-state index in [2.05, 4.69) is 0 Å². The predicted molar refractivity (Wildman–Crippen MR) is 104 cm³/mol. The Labute approximate surface area is 161 Å². The van der Waals surface area contributed by atoms with Crippen molar-refractivity contribution >= 4 is 29.2 Å². The van der Waals surface area contributed by atoms with Crippen molar-refractivity contribution in [1.29, 1.82) is 0 Å². The number of aliphatic carboxylic acids is 1. The molecule has 0 atom stereocenters. The van der Waals surface area contributed by atoms with E-state index in [-0.39, 0.29) is 12.2 Å². The highest BCUT2D eigenvalue weighted by Crippen LogP contribution is 2.23. The smallest absolute Gasteiger partial charge is 0.336 e. The Balaban J connectivity index is 1.76. The third kappa shape index (κ3) is 4.74. The largest absolute Gasteiger partial charge is 0.489 e. The molecule has 0 aliphatic heterocycles. The Morgan fingerprint density at radius 1 is 1.00 bits per heavy atom. The first-order chi connectivity index (χ1) is 13.0. The molecule has 3 aromatic rings. The molecular weight excluding hydrogens is 367 g/mol. The average Bonchev–Trinajstić information content (AvgIpc) is 2.67. The number of carboxylic acids is 1. The average molecular weight is 383 g/mol. The van der Waals surface area contributed by atoms with Gasteiger partial charge in [0, 0.05) is 5.56 Å². The van der Waals surface area contributed by atoms with Crippen LogP contribution in [-0.2, 0) is 11.4 Å². The van der Waals surface area contributed by atoms with Crippen LogP contribution in [0.15, 0.2) is 72.8 Å². The van der Waals surface area contributed by atoms with Crippen molar-refractivity contribution in [2.75, 3.05) is 0 Å². The highest BCUT2D eigenvalue weighted by atomic mass is 35.5. The normalized spacial score (nSPS) is 11.3. The molecule has 3 nitrogen and oxygen atoms in total. The molecular formula is C22H16ClFO3. The fraction of sp³-hybridized carbons (Fsp3) is 0.0455. The second-order valence-corrected chi connectivity index (χ2v) is 6.19. The molecule has 27 heavy (non-hydrogen) atoms. The maximum atomic E-state index is 13.8. The Kier molecular flexibility index (Phi) is 5.89. The Bertz CT molecular complexity index is 946. The molecule has 0 aliphatic carbocycles. The SMILES string of the molecule is O=C(O)/C(=C\c1ccc(OCc2c(F)cccc2Cl)cc1)c1ccccc1. The predicted octanol–water partition coefficient (Wildman–Crippen LogP) is 5.68. The molecule has 0 spiro atoms. The fourth-order valence-electron chi connectivity index (χ4n) is 2.54. The summed E-state index contributed by atoms with van der Waals surface area (Å²) in [7, 11) is 0. The molecule has 3 rings (SSSR count). The number of hydrogen-bond donors (Lipinski definition) is 1. The van der Waals surface area contributed by atoms with Crippen LogP contribution in [0.2, 0.25) is 5.02 Å². The highest BCUT2D eigenvalue weighted by molar-refractivity contribution is 6.31. The summed E-state index contributed by atoms with van der Waals surface area (Å²) < 4.78 is 19.4. The number of carboxylic acid groups (broad SMARTS) is 1. The summed E-state index contributed by atoms with van der Waals surface area (Å²) in [6.07, 6.45) is 1.59. The maximum Gasteiger partial charge on any atom is 0.336 e. The summed E-state index contributed by atoms with van der Waals surface area (Å²) in [5, 5.41) is 9.77. The minimum atomic E-state index is -1.00. The number of hydrogen-bond acceptors (Lipinski definition) is 2. The van der Waals surface area contributed by atoms with Crippen LogP contribution >= 0.6 is 11.6 Å². The molecule has 0 unspecified atom stereocenters. The first kappa shape index (κ1) is 18.7. The lowest BCUT2D eigenvalue weighted by atomic mass is 10.0. The molecule has 5 heteroatoms. The van der Waals surface area contributed by atoms with Gasteiger partial charge in [0.1, 0.15) is 18.2 Å². The van der Waals surface area contributed by atoms with Gasteiger partial charge in [-0.3, -0.25) is 0 Å². The second kappa shape index (κ2) is 8.52. The van der Waals surface area contributed by atoms with Crippen LogP contribution in [0, 0.1) is 5.82 Å². The van der Waals surface area contributed by atoms with E-state index < -0.39 is 11.8 Å². The molecule has 3 aromatic carbocycles. The van der Waals surface area contributed by atoms with E-state index in [4.69, 9.17) is 16.3 Å². The molecule has 0 aliphatic rings. The number of benzene rings is 3. The van der Waals surface area contributed by atoms with Crippen molar-refractivity contribution < 1.29 is 19.0 Å². The third-order valence-corrected chi connectivity index (χ3v) is 4.31. The van der Waals surface area contributed by atoms with Crippen LogP contribution in [0.3, 0.4) is 0 Å². The minimum absolute atomic E-state index is 0.00504. The van der Waals surface area contributed by atoms with Gasteiger partial charge in [-0.1, -0.05) is 60.1 Å². The van der Waals surface area contributed by atoms with Crippen LogP contribution in [0.4, 0.5) is 4.39 Å². The summed E-state index contributed by atoms with van der Waals surface area (Å²) in [6, 6.07) is 20.2. The summed E-state index contributed by atoms with van der Waals surface area (Å²) in [5.41, 5.74) is 1.83. The zero-order valence-electron chi connectivity index (χ0n) is 14.2. The van der Waals surface area contributed by atoms with E-state index in [0.717, 1.165) is 0 Å². The number of rotatable bonds is 6. The third-order valence-electron chi connectivity index (χ3n) is 3.95.